The molecule has 0 saturated carbocycles. The Hall–Kier alpha value is -2.87. The van der Waals surface area contributed by atoms with Crippen molar-refractivity contribution >= 4 is 18.0 Å². The molecule has 1 aliphatic rings. The van der Waals surface area contributed by atoms with Gasteiger partial charge in [0.15, 0.2) is 5.82 Å². The second-order valence-electron chi connectivity index (χ2n) is 5.82. The number of phenols is 1. The number of aromatic nitrogens is 2. The molecular formula is C18H23N5O3. The van der Waals surface area contributed by atoms with Gasteiger partial charge >= 0.3 is 0 Å². The Morgan fingerprint density at radius 3 is 2.85 bits per heavy atom. The third-order valence-electron chi connectivity index (χ3n) is 3.83. The monoisotopic (exact) mass is 357 g/mol. The van der Waals surface area contributed by atoms with Gasteiger partial charge in [0.2, 0.25) is 5.95 Å². The maximum absolute atomic E-state index is 10.0. The van der Waals surface area contributed by atoms with Crippen LogP contribution in [0.3, 0.4) is 0 Å². The van der Waals surface area contributed by atoms with Crippen molar-refractivity contribution in [3.8, 4) is 11.5 Å². The number of hydrogen-bond acceptors (Lipinski definition) is 8. The molecule has 0 aliphatic carbocycles. The maximum Gasteiger partial charge on any atom is 0.227 e. The van der Waals surface area contributed by atoms with Crippen LogP contribution in [-0.2, 0) is 4.74 Å². The number of ether oxygens (including phenoxy) is 2. The fourth-order valence-corrected chi connectivity index (χ4v) is 2.57. The van der Waals surface area contributed by atoms with Crippen LogP contribution in [0.5, 0.6) is 11.5 Å². The summed E-state index contributed by atoms with van der Waals surface area (Å²) in [5.41, 5.74) is 4.33. The number of aromatic hydroxyl groups is 1. The predicted molar refractivity (Wildman–Crippen MR) is 100 cm³/mol. The van der Waals surface area contributed by atoms with Crippen molar-refractivity contribution in [3.05, 3.63) is 35.5 Å². The third kappa shape index (κ3) is 4.60. The van der Waals surface area contributed by atoms with Crippen molar-refractivity contribution in [1.82, 2.24) is 9.97 Å². The van der Waals surface area contributed by atoms with E-state index in [1.807, 2.05) is 19.9 Å². The van der Waals surface area contributed by atoms with Crippen molar-refractivity contribution < 1.29 is 14.6 Å². The number of rotatable bonds is 6. The minimum Gasteiger partial charge on any atom is -0.507 e. The van der Waals surface area contributed by atoms with Crippen LogP contribution in [0.2, 0.25) is 0 Å². The molecule has 0 bridgehead atoms. The van der Waals surface area contributed by atoms with E-state index in [1.54, 1.807) is 18.2 Å². The van der Waals surface area contributed by atoms with E-state index >= 15 is 0 Å². The number of hydrogen-bond donors (Lipinski definition) is 2. The summed E-state index contributed by atoms with van der Waals surface area (Å²) in [4.78, 5) is 11.1. The van der Waals surface area contributed by atoms with Crippen molar-refractivity contribution in [2.45, 2.75) is 13.8 Å². The van der Waals surface area contributed by atoms with Crippen molar-refractivity contribution in [1.29, 1.82) is 0 Å². The van der Waals surface area contributed by atoms with Gasteiger partial charge in [0.05, 0.1) is 26.0 Å². The molecule has 8 nitrogen and oxygen atoms in total. The lowest BCUT2D eigenvalue weighted by atomic mass is 10.2. The summed E-state index contributed by atoms with van der Waals surface area (Å²) in [5.74, 6) is 1.99. The molecule has 1 aromatic carbocycles. The van der Waals surface area contributed by atoms with Gasteiger partial charge in [-0.3, -0.25) is 5.43 Å². The zero-order valence-corrected chi connectivity index (χ0v) is 15.0. The summed E-state index contributed by atoms with van der Waals surface area (Å²) in [6.07, 6.45) is 1.54. The van der Waals surface area contributed by atoms with Crippen LogP contribution in [0.25, 0.3) is 0 Å². The van der Waals surface area contributed by atoms with E-state index in [0.717, 1.165) is 18.8 Å². The Balaban J connectivity index is 1.69. The summed E-state index contributed by atoms with van der Waals surface area (Å²) in [5, 5.41) is 14.2. The number of nitrogens with zero attached hydrogens (tertiary/aromatic N) is 4. The van der Waals surface area contributed by atoms with Gasteiger partial charge in [-0.25, -0.2) is 4.98 Å². The molecule has 26 heavy (non-hydrogen) atoms. The second kappa shape index (κ2) is 8.48. The molecule has 0 atom stereocenters. The van der Waals surface area contributed by atoms with Gasteiger partial charge in [-0.2, -0.15) is 10.1 Å². The van der Waals surface area contributed by atoms with Gasteiger partial charge in [0.1, 0.15) is 11.5 Å². The fraction of sp³-hybridized carbons (Fsp3) is 0.389. The summed E-state index contributed by atoms with van der Waals surface area (Å²) >= 11 is 0. The highest BCUT2D eigenvalue weighted by atomic mass is 16.5. The molecule has 8 heteroatoms. The Morgan fingerprint density at radius 1 is 1.31 bits per heavy atom. The Labute approximate surface area is 152 Å². The van der Waals surface area contributed by atoms with Crippen LogP contribution in [0.15, 0.2) is 29.4 Å². The molecular weight excluding hydrogens is 334 g/mol. The van der Waals surface area contributed by atoms with Crippen LogP contribution in [-0.4, -0.2) is 54.2 Å². The lowest BCUT2D eigenvalue weighted by Gasteiger charge is -2.27. The van der Waals surface area contributed by atoms with E-state index in [9.17, 15) is 5.11 Å². The highest BCUT2D eigenvalue weighted by molar-refractivity contribution is 5.84. The average Bonchev–Trinajstić information content (AvgIpc) is 2.64. The van der Waals surface area contributed by atoms with Crippen LogP contribution in [0, 0.1) is 6.92 Å². The lowest BCUT2D eigenvalue weighted by Crippen LogP contribution is -2.37. The van der Waals surface area contributed by atoms with Crippen molar-refractivity contribution in [2.75, 3.05) is 43.2 Å². The Morgan fingerprint density at radius 2 is 2.12 bits per heavy atom. The minimum atomic E-state index is 0.106. The largest absolute Gasteiger partial charge is 0.507 e. The molecule has 138 valence electrons. The molecule has 1 aromatic heterocycles. The first-order chi connectivity index (χ1) is 12.7. The van der Waals surface area contributed by atoms with Crippen molar-refractivity contribution in [3.63, 3.8) is 0 Å². The smallest absolute Gasteiger partial charge is 0.227 e. The predicted octanol–water partition coefficient (Wildman–Crippen LogP) is 2.17. The summed E-state index contributed by atoms with van der Waals surface area (Å²) < 4.78 is 10.7. The molecule has 2 heterocycles. The van der Waals surface area contributed by atoms with Crippen LogP contribution in [0.1, 0.15) is 18.2 Å². The first kappa shape index (κ1) is 17.9. The molecule has 0 amide bonds. The first-order valence-corrected chi connectivity index (χ1v) is 8.59. The highest BCUT2D eigenvalue weighted by Gasteiger charge is 2.14. The Kier molecular flexibility index (Phi) is 5.85. The number of hydrazone groups is 1. The number of nitrogens with one attached hydrogen (secondary N) is 1. The molecule has 2 N–H and O–H groups in total. The molecule has 1 saturated heterocycles. The van der Waals surface area contributed by atoms with Gasteiger partial charge in [0, 0.05) is 36.5 Å². The van der Waals surface area contributed by atoms with Crippen LogP contribution >= 0.6 is 0 Å². The van der Waals surface area contributed by atoms with E-state index < -0.39 is 0 Å². The zero-order valence-electron chi connectivity index (χ0n) is 15.0. The molecule has 3 rings (SSSR count). The van der Waals surface area contributed by atoms with E-state index in [4.69, 9.17) is 9.47 Å². The molecule has 0 radical (unpaired) electrons. The van der Waals surface area contributed by atoms with Gasteiger partial charge in [0.25, 0.3) is 0 Å². The summed E-state index contributed by atoms with van der Waals surface area (Å²) in [6, 6.07) is 6.92. The van der Waals surface area contributed by atoms with E-state index in [2.05, 4.69) is 25.4 Å². The number of aryl methyl sites for hydroxylation is 1. The molecule has 2 aromatic rings. The minimum absolute atomic E-state index is 0.106. The summed E-state index contributed by atoms with van der Waals surface area (Å²) in [7, 11) is 0. The topological polar surface area (TPSA) is 92.1 Å². The van der Waals surface area contributed by atoms with Crippen molar-refractivity contribution in [2.24, 2.45) is 5.10 Å². The van der Waals surface area contributed by atoms with E-state index in [1.165, 1.54) is 6.21 Å². The lowest BCUT2D eigenvalue weighted by molar-refractivity contribution is 0.122. The number of benzene rings is 1. The van der Waals surface area contributed by atoms with Gasteiger partial charge in [-0.15, -0.1) is 0 Å². The van der Waals surface area contributed by atoms with E-state index in [-0.39, 0.29) is 5.75 Å². The Bertz CT molecular complexity index is 775. The number of anilines is 2. The van der Waals surface area contributed by atoms with Gasteiger partial charge < -0.3 is 19.5 Å². The first-order valence-electron chi connectivity index (χ1n) is 8.59. The quantitative estimate of drug-likeness (QED) is 0.605. The standard InChI is InChI=1S/C18H23N5O3/c1-3-26-15-5-4-14(16(24)11-15)12-19-22-17-10-13(2)20-18(21-17)23-6-8-25-9-7-23/h4-5,10-12,24H,3,6-9H2,1-2H3,(H,20,21,22). The van der Waals surface area contributed by atoms with Gasteiger partial charge in [-0.05, 0) is 26.0 Å². The van der Waals surface area contributed by atoms with Crippen LogP contribution < -0.4 is 15.1 Å². The SMILES string of the molecule is CCOc1ccc(C=NNc2cc(C)nc(N3CCOCC3)n2)c(O)c1. The third-order valence-corrected chi connectivity index (χ3v) is 3.83. The molecule has 1 aliphatic heterocycles. The molecule has 0 spiro atoms. The second-order valence-corrected chi connectivity index (χ2v) is 5.82. The number of phenolic OH excluding ortho intramolecular Hbond substituents is 1. The van der Waals surface area contributed by atoms with Crippen LogP contribution in [0.4, 0.5) is 11.8 Å². The fourth-order valence-electron chi connectivity index (χ4n) is 2.57. The van der Waals surface area contributed by atoms with E-state index in [0.29, 0.717) is 42.9 Å². The van der Waals surface area contributed by atoms with Gasteiger partial charge in [-0.1, -0.05) is 0 Å². The normalized spacial score (nSPS) is 14.6. The maximum atomic E-state index is 10.0. The number of morpholine rings is 1. The molecule has 0 unspecified atom stereocenters. The summed E-state index contributed by atoms with van der Waals surface area (Å²) in [6.45, 7) is 7.25. The zero-order chi connectivity index (χ0) is 18.4. The highest BCUT2D eigenvalue weighted by Crippen LogP contribution is 2.22. The molecule has 1 fully saturated rings. The average molecular weight is 357 g/mol.